The van der Waals surface area contributed by atoms with Crippen LogP contribution in [0.5, 0.6) is 0 Å². The lowest BCUT2D eigenvalue weighted by molar-refractivity contribution is 0.0761. The van der Waals surface area contributed by atoms with E-state index in [-0.39, 0.29) is 0 Å². The third kappa shape index (κ3) is 2.60. The second-order valence-electron chi connectivity index (χ2n) is 2.62. The van der Waals surface area contributed by atoms with Crippen LogP contribution in [-0.2, 0) is 11.5 Å². The second-order valence-corrected chi connectivity index (χ2v) is 3.43. The highest BCUT2D eigenvalue weighted by Gasteiger charge is 1.99. The van der Waals surface area contributed by atoms with Crippen molar-refractivity contribution in [3.8, 4) is 0 Å². The maximum atomic E-state index is 5.37. The highest BCUT2D eigenvalue weighted by molar-refractivity contribution is 9.10. The third-order valence-corrected chi connectivity index (χ3v) is 1.91. The molecule has 0 aliphatic carbocycles. The zero-order valence-electron chi connectivity index (χ0n) is 7.38. The van der Waals surface area contributed by atoms with Gasteiger partial charge in [0, 0.05) is 12.8 Å². The number of ether oxygens (including phenoxy) is 1. The Balaban J connectivity index is 2.45. The molecule has 68 valence electrons. The summed E-state index contributed by atoms with van der Waals surface area (Å²) in [7, 11) is 0. The van der Waals surface area contributed by atoms with Crippen molar-refractivity contribution >= 4 is 15.9 Å². The fourth-order valence-electron chi connectivity index (χ4n) is 0.908. The molecule has 3 nitrogen and oxygen atoms in total. The van der Waals surface area contributed by atoms with Gasteiger partial charge in [0.1, 0.15) is 17.2 Å². The van der Waals surface area contributed by atoms with E-state index in [1.807, 2.05) is 17.7 Å². The number of hydrogen-bond acceptors (Lipinski definition) is 2. The quantitative estimate of drug-likeness (QED) is 0.746. The fraction of sp³-hybridized carbons (Fsp3) is 0.625. The highest BCUT2D eigenvalue weighted by Crippen LogP contribution is 2.08. The molecule has 0 radical (unpaired) electrons. The predicted octanol–water partition coefficient (Wildman–Crippen LogP) is 2.34. The molecule has 4 heteroatoms. The SMILES string of the molecule is CCCOCn1cc(Br)nc1C. The Labute approximate surface area is 80.9 Å². The second kappa shape index (κ2) is 4.62. The third-order valence-electron chi connectivity index (χ3n) is 1.53. The van der Waals surface area contributed by atoms with E-state index in [2.05, 4.69) is 27.8 Å². The van der Waals surface area contributed by atoms with Crippen molar-refractivity contribution in [2.45, 2.75) is 27.0 Å². The molecular weight excluding hydrogens is 220 g/mol. The lowest BCUT2D eigenvalue weighted by Crippen LogP contribution is -2.03. The molecule has 0 bridgehead atoms. The molecule has 1 rings (SSSR count). The average Bonchev–Trinajstić information content (AvgIpc) is 2.31. The van der Waals surface area contributed by atoms with Gasteiger partial charge in [0.25, 0.3) is 0 Å². The number of halogens is 1. The molecule has 0 atom stereocenters. The molecule has 1 aromatic rings. The molecule has 0 aromatic carbocycles. The van der Waals surface area contributed by atoms with Gasteiger partial charge in [0.2, 0.25) is 0 Å². The van der Waals surface area contributed by atoms with Gasteiger partial charge in [-0.05, 0) is 29.3 Å². The van der Waals surface area contributed by atoms with Crippen LogP contribution in [0.25, 0.3) is 0 Å². The zero-order valence-corrected chi connectivity index (χ0v) is 8.97. The molecule has 0 aliphatic heterocycles. The first-order valence-electron chi connectivity index (χ1n) is 4.01. The predicted molar refractivity (Wildman–Crippen MR) is 50.9 cm³/mol. The van der Waals surface area contributed by atoms with Gasteiger partial charge in [-0.1, -0.05) is 6.92 Å². The largest absolute Gasteiger partial charge is 0.361 e. The maximum absolute atomic E-state index is 5.37. The maximum Gasteiger partial charge on any atom is 0.124 e. The number of aryl methyl sites for hydroxylation is 1. The molecule has 0 N–H and O–H groups in total. The highest BCUT2D eigenvalue weighted by atomic mass is 79.9. The van der Waals surface area contributed by atoms with E-state index in [0.717, 1.165) is 23.5 Å². The molecule has 1 aromatic heterocycles. The molecule has 0 aliphatic rings. The summed E-state index contributed by atoms with van der Waals surface area (Å²) < 4.78 is 8.20. The van der Waals surface area contributed by atoms with Crippen molar-refractivity contribution in [1.29, 1.82) is 0 Å². The molecular formula is C8H13BrN2O. The monoisotopic (exact) mass is 232 g/mol. The normalized spacial score (nSPS) is 10.6. The molecule has 0 amide bonds. The standard InChI is InChI=1S/C8H13BrN2O/c1-3-4-12-6-11-5-8(9)10-7(11)2/h5H,3-4,6H2,1-2H3. The molecule has 0 fully saturated rings. The minimum absolute atomic E-state index is 0.596. The lowest BCUT2D eigenvalue weighted by atomic mass is 10.5. The topological polar surface area (TPSA) is 27.1 Å². The Kier molecular flexibility index (Phi) is 3.75. The molecule has 12 heavy (non-hydrogen) atoms. The van der Waals surface area contributed by atoms with E-state index in [9.17, 15) is 0 Å². The summed E-state index contributed by atoms with van der Waals surface area (Å²) in [4.78, 5) is 4.19. The molecule has 0 spiro atoms. The van der Waals surface area contributed by atoms with E-state index in [1.54, 1.807) is 0 Å². The van der Waals surface area contributed by atoms with Gasteiger partial charge >= 0.3 is 0 Å². The van der Waals surface area contributed by atoms with Crippen molar-refractivity contribution in [3.05, 3.63) is 16.6 Å². The summed E-state index contributed by atoms with van der Waals surface area (Å²) in [5.74, 6) is 0.970. The first-order valence-corrected chi connectivity index (χ1v) is 4.80. The number of nitrogens with zero attached hydrogens (tertiary/aromatic N) is 2. The van der Waals surface area contributed by atoms with Gasteiger partial charge in [-0.25, -0.2) is 4.98 Å². The van der Waals surface area contributed by atoms with Crippen molar-refractivity contribution in [3.63, 3.8) is 0 Å². The van der Waals surface area contributed by atoms with E-state index in [0.29, 0.717) is 6.73 Å². The van der Waals surface area contributed by atoms with Gasteiger partial charge in [-0.2, -0.15) is 0 Å². The van der Waals surface area contributed by atoms with Crippen molar-refractivity contribution in [2.24, 2.45) is 0 Å². The van der Waals surface area contributed by atoms with E-state index in [1.165, 1.54) is 0 Å². The Morgan fingerprint density at radius 2 is 2.42 bits per heavy atom. The van der Waals surface area contributed by atoms with E-state index >= 15 is 0 Å². The minimum Gasteiger partial charge on any atom is -0.361 e. The van der Waals surface area contributed by atoms with Gasteiger partial charge in [0.05, 0.1) is 0 Å². The Hall–Kier alpha value is -0.350. The van der Waals surface area contributed by atoms with Gasteiger partial charge < -0.3 is 9.30 Å². The lowest BCUT2D eigenvalue weighted by Gasteiger charge is -2.04. The number of hydrogen-bond donors (Lipinski definition) is 0. The van der Waals surface area contributed by atoms with Crippen LogP contribution in [0.1, 0.15) is 19.2 Å². The van der Waals surface area contributed by atoms with Gasteiger partial charge in [-0.3, -0.25) is 0 Å². The summed E-state index contributed by atoms with van der Waals surface area (Å²) in [6.45, 7) is 5.45. The summed E-state index contributed by atoms with van der Waals surface area (Å²) in [6.07, 6.45) is 2.97. The van der Waals surface area contributed by atoms with E-state index in [4.69, 9.17) is 4.74 Å². The number of rotatable bonds is 4. The summed E-state index contributed by atoms with van der Waals surface area (Å²) in [6, 6.07) is 0. The Morgan fingerprint density at radius 1 is 1.67 bits per heavy atom. The summed E-state index contributed by atoms with van der Waals surface area (Å²) in [5.41, 5.74) is 0. The molecule has 0 saturated heterocycles. The number of aromatic nitrogens is 2. The minimum atomic E-state index is 0.596. The van der Waals surface area contributed by atoms with Crippen LogP contribution >= 0.6 is 15.9 Å². The van der Waals surface area contributed by atoms with Crippen molar-refractivity contribution < 1.29 is 4.74 Å². The van der Waals surface area contributed by atoms with Gasteiger partial charge in [0.15, 0.2) is 0 Å². The van der Waals surface area contributed by atoms with E-state index < -0.39 is 0 Å². The smallest absolute Gasteiger partial charge is 0.124 e. The summed E-state index contributed by atoms with van der Waals surface area (Å²) in [5, 5.41) is 0. The Bertz CT molecular complexity index is 247. The first-order chi connectivity index (χ1) is 5.74. The van der Waals surface area contributed by atoms with Crippen molar-refractivity contribution in [2.75, 3.05) is 6.61 Å². The average molecular weight is 233 g/mol. The fourth-order valence-corrected chi connectivity index (χ4v) is 1.41. The van der Waals surface area contributed by atoms with Crippen LogP contribution in [0.4, 0.5) is 0 Å². The zero-order chi connectivity index (χ0) is 8.97. The van der Waals surface area contributed by atoms with Crippen LogP contribution < -0.4 is 0 Å². The molecule has 0 unspecified atom stereocenters. The van der Waals surface area contributed by atoms with Crippen LogP contribution in [-0.4, -0.2) is 16.2 Å². The number of imidazole rings is 1. The van der Waals surface area contributed by atoms with Crippen molar-refractivity contribution in [1.82, 2.24) is 9.55 Å². The van der Waals surface area contributed by atoms with Crippen LogP contribution in [0.15, 0.2) is 10.8 Å². The van der Waals surface area contributed by atoms with Crippen LogP contribution in [0, 0.1) is 6.92 Å². The Morgan fingerprint density at radius 3 is 2.92 bits per heavy atom. The van der Waals surface area contributed by atoms with Crippen LogP contribution in [0.3, 0.4) is 0 Å². The molecule has 1 heterocycles. The van der Waals surface area contributed by atoms with Gasteiger partial charge in [-0.15, -0.1) is 0 Å². The molecule has 0 saturated carbocycles. The first kappa shape index (κ1) is 9.74. The summed E-state index contributed by atoms with van der Waals surface area (Å²) >= 11 is 3.30. The van der Waals surface area contributed by atoms with Crippen LogP contribution in [0.2, 0.25) is 0 Å².